The molecule has 3 heteroatoms. The minimum atomic E-state index is -0.144. The number of para-hydroxylation sites is 1. The second kappa shape index (κ2) is 1.99. The van der Waals surface area contributed by atoms with Gasteiger partial charge in [0.05, 0.1) is 11.0 Å². The first-order valence-corrected chi connectivity index (χ1v) is 3.45. The average molecular weight is 150 g/mol. The molecule has 0 aliphatic carbocycles. The molecule has 0 fully saturated rings. The molecule has 0 saturated heterocycles. The van der Waals surface area contributed by atoms with Gasteiger partial charge < -0.3 is 9.97 Å². The molecule has 1 aromatic carbocycles. The van der Waals surface area contributed by atoms with Crippen molar-refractivity contribution in [3.63, 3.8) is 0 Å². The summed E-state index contributed by atoms with van der Waals surface area (Å²) in [5.74, 6) is 0. The molecule has 1 heterocycles. The quantitative estimate of drug-likeness (QED) is 0.586. The van der Waals surface area contributed by atoms with E-state index in [0.717, 1.165) is 16.6 Å². The van der Waals surface area contributed by atoms with E-state index < -0.39 is 0 Å². The largest absolute Gasteiger partial charge is 0.323 e. The van der Waals surface area contributed by atoms with Crippen LogP contribution in [0.15, 0.2) is 23.0 Å². The number of aryl methyl sites for hydroxylation is 1. The lowest BCUT2D eigenvalue weighted by atomic mass is 10.2. The number of nitrogens with one attached hydrogen (secondary N) is 2. The van der Waals surface area contributed by atoms with Gasteiger partial charge in [0.15, 0.2) is 0 Å². The molecule has 0 atom stereocenters. The van der Waals surface area contributed by atoms with E-state index in [0.29, 0.717) is 0 Å². The van der Waals surface area contributed by atoms with E-state index in [1.807, 2.05) is 25.1 Å². The number of hydrogen-bond acceptors (Lipinski definition) is 1. The zero-order chi connectivity index (χ0) is 7.84. The van der Waals surface area contributed by atoms with Crippen molar-refractivity contribution in [3.8, 4) is 0 Å². The third-order valence-corrected chi connectivity index (χ3v) is 1.76. The Morgan fingerprint density at radius 1 is 1.36 bits per heavy atom. The molecule has 3 nitrogen and oxygen atoms in total. The predicted molar refractivity (Wildman–Crippen MR) is 45.8 cm³/mol. The van der Waals surface area contributed by atoms with Crippen LogP contribution in [0.1, 0.15) is 6.99 Å². The van der Waals surface area contributed by atoms with Crippen LogP contribution < -0.4 is 5.69 Å². The highest BCUT2D eigenvalue weighted by atomic mass is 16.1. The molecule has 0 unspecified atom stereocenters. The van der Waals surface area contributed by atoms with Crippen molar-refractivity contribution in [3.05, 3.63) is 34.2 Å². The topological polar surface area (TPSA) is 48.6 Å². The monoisotopic (exact) mass is 150 g/mol. The predicted octanol–water partition coefficient (Wildman–Crippen LogP) is 1.41. The third-order valence-electron chi connectivity index (χ3n) is 1.76. The summed E-state index contributed by atoms with van der Waals surface area (Å²) in [5, 5.41) is 0. The van der Waals surface area contributed by atoms with Crippen LogP contribution in [0, 0.1) is 6.92 Å². The maximum absolute atomic E-state index is 10.8. The molecule has 0 amide bonds. The van der Waals surface area contributed by atoms with Crippen LogP contribution in [0.25, 0.3) is 11.0 Å². The van der Waals surface area contributed by atoms with Gasteiger partial charge in [-0.2, -0.15) is 0 Å². The van der Waals surface area contributed by atoms with Crippen molar-refractivity contribution < 1.29 is 1.43 Å². The Kier molecular flexibility index (Phi) is 1.12. The molecule has 2 N–H and O–H groups in total. The number of imidazole rings is 1. The number of benzene rings is 1. The molecular formula is C8H10N2O. The average Bonchev–Trinajstić information content (AvgIpc) is 2.31. The van der Waals surface area contributed by atoms with Gasteiger partial charge in [0.2, 0.25) is 0 Å². The fourth-order valence-electron chi connectivity index (χ4n) is 1.20. The summed E-state index contributed by atoms with van der Waals surface area (Å²) in [7, 11) is 0. The Morgan fingerprint density at radius 3 is 2.91 bits per heavy atom. The van der Waals surface area contributed by atoms with E-state index in [4.69, 9.17) is 0 Å². The van der Waals surface area contributed by atoms with Gasteiger partial charge in [0.1, 0.15) is 0 Å². The van der Waals surface area contributed by atoms with Gasteiger partial charge in [-0.15, -0.1) is 0 Å². The number of aromatic nitrogens is 2. The van der Waals surface area contributed by atoms with Gasteiger partial charge in [0.25, 0.3) is 0 Å². The Balaban J connectivity index is 0.000000720. The second-order valence-corrected chi connectivity index (χ2v) is 2.58. The molecule has 0 aliphatic heterocycles. The lowest BCUT2D eigenvalue weighted by Crippen LogP contribution is -1.99. The fraction of sp³-hybridized carbons (Fsp3) is 0.125. The first-order valence-electron chi connectivity index (χ1n) is 3.45. The normalized spacial score (nSPS) is 10.6. The van der Waals surface area contributed by atoms with Crippen LogP contribution in [0.4, 0.5) is 0 Å². The van der Waals surface area contributed by atoms with Gasteiger partial charge >= 0.3 is 5.69 Å². The lowest BCUT2D eigenvalue weighted by molar-refractivity contribution is 1.21. The molecule has 1 aromatic heterocycles. The van der Waals surface area contributed by atoms with Crippen LogP contribution in [0.5, 0.6) is 0 Å². The van der Waals surface area contributed by atoms with Crippen LogP contribution in [-0.2, 0) is 0 Å². The molecule has 0 bridgehead atoms. The van der Waals surface area contributed by atoms with Crippen LogP contribution in [0.2, 0.25) is 0 Å². The molecule has 2 rings (SSSR count). The Morgan fingerprint density at radius 2 is 2.18 bits per heavy atom. The zero-order valence-electron chi connectivity index (χ0n) is 6.14. The van der Waals surface area contributed by atoms with Crippen LogP contribution in [-0.4, -0.2) is 9.97 Å². The van der Waals surface area contributed by atoms with E-state index in [1.54, 1.807) is 0 Å². The van der Waals surface area contributed by atoms with Gasteiger partial charge in [-0.1, -0.05) is 12.1 Å². The van der Waals surface area contributed by atoms with Crippen molar-refractivity contribution in [2.75, 3.05) is 0 Å². The fourth-order valence-corrected chi connectivity index (χ4v) is 1.20. The highest BCUT2D eigenvalue weighted by Crippen LogP contribution is 2.10. The zero-order valence-corrected chi connectivity index (χ0v) is 6.14. The Labute approximate surface area is 64.6 Å². The van der Waals surface area contributed by atoms with E-state index in [2.05, 4.69) is 9.97 Å². The van der Waals surface area contributed by atoms with Crippen LogP contribution in [0.3, 0.4) is 0 Å². The first-order chi connectivity index (χ1) is 5.27. The van der Waals surface area contributed by atoms with E-state index >= 15 is 0 Å². The summed E-state index contributed by atoms with van der Waals surface area (Å²) in [6.45, 7) is 1.96. The van der Waals surface area contributed by atoms with Crippen molar-refractivity contribution in [2.24, 2.45) is 0 Å². The van der Waals surface area contributed by atoms with Gasteiger partial charge in [-0.25, -0.2) is 4.79 Å². The molecule has 58 valence electrons. The molecule has 0 saturated carbocycles. The standard InChI is InChI=1S/C8H8N2O.H2/c1-5-3-2-4-6-7(5)10-8(11)9-6;/h2-4H,1H3,(H2,9,10,11);1H. The Bertz CT molecular complexity index is 443. The van der Waals surface area contributed by atoms with Crippen molar-refractivity contribution in [1.82, 2.24) is 9.97 Å². The number of fused-ring (bicyclic) bond motifs is 1. The van der Waals surface area contributed by atoms with Crippen molar-refractivity contribution >= 4 is 11.0 Å². The summed E-state index contributed by atoms with van der Waals surface area (Å²) < 4.78 is 0. The van der Waals surface area contributed by atoms with Gasteiger partial charge in [0, 0.05) is 1.43 Å². The molecule has 0 radical (unpaired) electrons. The first kappa shape index (κ1) is 6.22. The minimum absolute atomic E-state index is 0. The SMILES string of the molecule is Cc1cccc2[nH]c(=O)[nH]c12.[HH]. The maximum Gasteiger partial charge on any atom is 0.323 e. The summed E-state index contributed by atoms with van der Waals surface area (Å²) in [5.41, 5.74) is 2.71. The highest BCUT2D eigenvalue weighted by molar-refractivity contribution is 5.77. The highest BCUT2D eigenvalue weighted by Gasteiger charge is 1.97. The smallest absolute Gasteiger partial charge is 0.306 e. The number of hydrogen-bond donors (Lipinski definition) is 2. The van der Waals surface area contributed by atoms with Crippen LogP contribution >= 0.6 is 0 Å². The summed E-state index contributed by atoms with van der Waals surface area (Å²) in [6.07, 6.45) is 0. The second-order valence-electron chi connectivity index (χ2n) is 2.58. The molecule has 11 heavy (non-hydrogen) atoms. The molecule has 0 aliphatic rings. The van der Waals surface area contributed by atoms with E-state index in [-0.39, 0.29) is 7.12 Å². The summed E-state index contributed by atoms with van der Waals surface area (Å²) in [4.78, 5) is 16.2. The van der Waals surface area contributed by atoms with Gasteiger partial charge in [-0.3, -0.25) is 0 Å². The van der Waals surface area contributed by atoms with Gasteiger partial charge in [-0.05, 0) is 18.6 Å². The minimum Gasteiger partial charge on any atom is -0.306 e. The summed E-state index contributed by atoms with van der Waals surface area (Å²) in [6, 6.07) is 5.76. The maximum atomic E-state index is 10.8. The van der Waals surface area contributed by atoms with E-state index in [9.17, 15) is 4.79 Å². The number of H-pyrrole nitrogens is 2. The van der Waals surface area contributed by atoms with E-state index in [1.165, 1.54) is 0 Å². The molecule has 2 aromatic rings. The molecular weight excluding hydrogens is 140 g/mol. The molecule has 0 spiro atoms. The van der Waals surface area contributed by atoms with Crippen molar-refractivity contribution in [2.45, 2.75) is 6.92 Å². The number of rotatable bonds is 0. The number of aromatic amines is 2. The van der Waals surface area contributed by atoms with Crippen molar-refractivity contribution in [1.29, 1.82) is 0 Å². The summed E-state index contributed by atoms with van der Waals surface area (Å²) >= 11 is 0. The third kappa shape index (κ3) is 0.852. The lowest BCUT2D eigenvalue weighted by Gasteiger charge is -1.91. The Hall–Kier alpha value is -1.51.